The largest absolute Gasteiger partial charge is 0.402 e. The molecule has 0 aliphatic heterocycles. The van der Waals surface area contributed by atoms with E-state index in [9.17, 15) is 0 Å². The van der Waals surface area contributed by atoms with Gasteiger partial charge in [-0.05, 0) is 38.7 Å². The van der Waals surface area contributed by atoms with Crippen molar-refractivity contribution in [3.8, 4) is 0 Å². The molecule has 1 aromatic rings. The van der Waals surface area contributed by atoms with Crippen molar-refractivity contribution in [2.75, 3.05) is 11.9 Å². The van der Waals surface area contributed by atoms with E-state index in [1.165, 1.54) is 0 Å². The summed E-state index contributed by atoms with van der Waals surface area (Å²) >= 11 is 0. The highest BCUT2D eigenvalue weighted by Crippen LogP contribution is 2.33. The molecule has 5 N–H and O–H groups in total. The van der Waals surface area contributed by atoms with E-state index < -0.39 is 0 Å². The molecule has 6 heteroatoms. The van der Waals surface area contributed by atoms with Gasteiger partial charge in [0, 0.05) is 24.0 Å². The van der Waals surface area contributed by atoms with E-state index in [0.29, 0.717) is 23.5 Å². The molecule has 102 valence electrons. The van der Waals surface area contributed by atoms with Gasteiger partial charge in [-0.2, -0.15) is 4.98 Å². The summed E-state index contributed by atoms with van der Waals surface area (Å²) in [7, 11) is 0. The van der Waals surface area contributed by atoms with Gasteiger partial charge in [0.1, 0.15) is 5.84 Å². The predicted molar refractivity (Wildman–Crippen MR) is 77.2 cm³/mol. The highest BCUT2D eigenvalue weighted by Gasteiger charge is 2.23. The molecule has 0 atom stereocenters. The second kappa shape index (κ2) is 5.69. The maximum atomic E-state index is 5.90. The van der Waals surface area contributed by atoms with E-state index in [1.54, 1.807) is 12.1 Å². The van der Waals surface area contributed by atoms with Crippen LogP contribution >= 0.6 is 0 Å². The minimum absolute atomic E-state index is 0.380. The van der Waals surface area contributed by atoms with Crippen LogP contribution in [0.25, 0.3) is 0 Å². The van der Waals surface area contributed by atoms with Gasteiger partial charge in [0.15, 0.2) is 5.82 Å². The van der Waals surface area contributed by atoms with Crippen LogP contribution in [0.4, 0.5) is 11.8 Å². The predicted octanol–water partition coefficient (Wildman–Crippen LogP) is 1.46. The van der Waals surface area contributed by atoms with Crippen molar-refractivity contribution in [1.82, 2.24) is 9.97 Å². The summed E-state index contributed by atoms with van der Waals surface area (Å²) in [5.41, 5.74) is 13.4. The number of hydrogen-bond acceptors (Lipinski definition) is 5. The topological polar surface area (TPSA) is 102 Å². The van der Waals surface area contributed by atoms with E-state index in [-0.39, 0.29) is 0 Å². The Balaban J connectivity index is 2.18. The first-order valence-corrected chi connectivity index (χ1v) is 6.49. The zero-order valence-electron chi connectivity index (χ0n) is 11.3. The highest BCUT2D eigenvalue weighted by molar-refractivity contribution is 5.93. The number of hydrogen-bond donors (Lipinski definition) is 3. The van der Waals surface area contributed by atoms with Gasteiger partial charge in [0.2, 0.25) is 5.95 Å². The highest BCUT2D eigenvalue weighted by atomic mass is 15.1. The maximum Gasteiger partial charge on any atom is 0.224 e. The summed E-state index contributed by atoms with van der Waals surface area (Å²) in [6, 6.07) is 1.79. The molecule has 0 saturated heterocycles. The fourth-order valence-corrected chi connectivity index (χ4v) is 1.72. The third kappa shape index (κ3) is 3.94. The lowest BCUT2D eigenvalue weighted by Crippen LogP contribution is -2.12. The number of allylic oxidation sites excluding steroid dienone is 1. The van der Waals surface area contributed by atoms with Crippen molar-refractivity contribution in [3.05, 3.63) is 23.5 Å². The quantitative estimate of drug-likeness (QED) is 0.549. The molecule has 6 nitrogen and oxygen atoms in total. The van der Waals surface area contributed by atoms with E-state index in [2.05, 4.69) is 20.3 Å². The Bertz CT molecular complexity index is 516. The summed E-state index contributed by atoms with van der Waals surface area (Å²) < 4.78 is 0. The van der Waals surface area contributed by atoms with Gasteiger partial charge in [-0.15, -0.1) is 0 Å². The lowest BCUT2D eigenvalue weighted by Gasteiger charge is -2.04. The van der Waals surface area contributed by atoms with Crippen molar-refractivity contribution in [1.29, 1.82) is 0 Å². The fraction of sp³-hybridized carbons (Fsp3) is 0.462. The minimum Gasteiger partial charge on any atom is -0.402 e. The second-order valence-corrected chi connectivity index (χ2v) is 4.68. The first-order valence-electron chi connectivity index (χ1n) is 6.49. The third-order valence-electron chi connectivity index (χ3n) is 2.78. The molecule has 2 rings (SSSR count). The van der Waals surface area contributed by atoms with Gasteiger partial charge >= 0.3 is 0 Å². The standard InChI is InChI=1S/C13H20N6/c1-3-16-13-17-8(2)6-12(19-13)18-11(15)7-10(14)9-4-5-9/h6-7,9H,3-5,14H2,1-2H3,(H3,15,16,17,18,19)/b10-7-. The molecule has 19 heavy (non-hydrogen) atoms. The Morgan fingerprint density at radius 2 is 2.21 bits per heavy atom. The van der Waals surface area contributed by atoms with Crippen LogP contribution in [-0.2, 0) is 0 Å². The molecule has 1 fully saturated rings. The number of aryl methyl sites for hydroxylation is 1. The van der Waals surface area contributed by atoms with E-state index in [1.807, 2.05) is 13.8 Å². The maximum absolute atomic E-state index is 5.90. The zero-order valence-corrected chi connectivity index (χ0v) is 11.3. The van der Waals surface area contributed by atoms with Crippen LogP contribution in [0.5, 0.6) is 0 Å². The number of aliphatic imine (C=N–C) groups is 1. The Hall–Kier alpha value is -2.11. The molecule has 0 unspecified atom stereocenters. The van der Waals surface area contributed by atoms with Gasteiger partial charge in [0.05, 0.1) is 0 Å². The van der Waals surface area contributed by atoms with Gasteiger partial charge in [0.25, 0.3) is 0 Å². The number of amidine groups is 1. The van der Waals surface area contributed by atoms with Crippen LogP contribution in [0, 0.1) is 12.8 Å². The van der Waals surface area contributed by atoms with Crippen molar-refractivity contribution in [3.63, 3.8) is 0 Å². The van der Waals surface area contributed by atoms with Gasteiger partial charge in [-0.25, -0.2) is 9.98 Å². The summed E-state index contributed by atoms with van der Waals surface area (Å²) in [6.45, 7) is 4.64. The molecule has 0 aromatic carbocycles. The summed E-state index contributed by atoms with van der Waals surface area (Å²) in [4.78, 5) is 12.8. The van der Waals surface area contributed by atoms with Crippen LogP contribution in [0.15, 0.2) is 22.8 Å². The van der Waals surface area contributed by atoms with Crippen molar-refractivity contribution in [2.24, 2.45) is 22.4 Å². The molecule has 1 saturated carbocycles. The first-order chi connectivity index (χ1) is 9.08. The molecule has 0 bridgehead atoms. The summed E-state index contributed by atoms with van der Waals surface area (Å²) in [5.74, 6) is 1.97. The SMILES string of the molecule is CCNc1nc(C)cc(N=C(N)/C=C(\N)C2CC2)n1. The number of anilines is 1. The van der Waals surface area contributed by atoms with Crippen LogP contribution in [0.2, 0.25) is 0 Å². The van der Waals surface area contributed by atoms with Crippen LogP contribution < -0.4 is 16.8 Å². The third-order valence-corrected chi connectivity index (χ3v) is 2.78. The molecular formula is C13H20N6. The van der Waals surface area contributed by atoms with E-state index >= 15 is 0 Å². The lowest BCUT2D eigenvalue weighted by molar-refractivity contribution is 0.982. The number of aromatic nitrogens is 2. The molecule has 0 radical (unpaired) electrons. The molecule has 1 aliphatic rings. The fourth-order valence-electron chi connectivity index (χ4n) is 1.72. The molecule has 0 spiro atoms. The molecule has 0 amide bonds. The number of nitrogens with zero attached hydrogens (tertiary/aromatic N) is 3. The van der Waals surface area contributed by atoms with E-state index in [4.69, 9.17) is 11.5 Å². The summed E-state index contributed by atoms with van der Waals surface area (Å²) in [6.07, 6.45) is 4.02. The Morgan fingerprint density at radius 1 is 1.47 bits per heavy atom. The lowest BCUT2D eigenvalue weighted by atomic mass is 10.3. The number of nitrogens with one attached hydrogen (secondary N) is 1. The average Bonchev–Trinajstić information content (AvgIpc) is 3.11. The number of rotatable bonds is 5. The summed E-state index contributed by atoms with van der Waals surface area (Å²) in [5, 5.41) is 3.06. The second-order valence-electron chi connectivity index (χ2n) is 4.68. The van der Waals surface area contributed by atoms with Gasteiger partial charge in [-0.1, -0.05) is 0 Å². The molecular weight excluding hydrogens is 240 g/mol. The molecule has 1 aliphatic carbocycles. The Labute approximate surface area is 113 Å². The smallest absolute Gasteiger partial charge is 0.224 e. The van der Waals surface area contributed by atoms with Crippen LogP contribution in [0.3, 0.4) is 0 Å². The number of nitrogens with two attached hydrogens (primary N) is 2. The zero-order chi connectivity index (χ0) is 13.8. The van der Waals surface area contributed by atoms with Gasteiger partial charge < -0.3 is 16.8 Å². The van der Waals surface area contributed by atoms with Crippen LogP contribution in [-0.4, -0.2) is 22.3 Å². The van der Waals surface area contributed by atoms with E-state index in [0.717, 1.165) is 30.8 Å². The average molecular weight is 260 g/mol. The van der Waals surface area contributed by atoms with Crippen LogP contribution in [0.1, 0.15) is 25.5 Å². The minimum atomic E-state index is 0.380. The normalized spacial score (nSPS) is 16.5. The first kappa shape index (κ1) is 13.3. The monoisotopic (exact) mass is 260 g/mol. The van der Waals surface area contributed by atoms with Gasteiger partial charge in [-0.3, -0.25) is 0 Å². The Kier molecular flexibility index (Phi) is 3.99. The van der Waals surface area contributed by atoms with Crippen molar-refractivity contribution < 1.29 is 0 Å². The Morgan fingerprint density at radius 3 is 2.84 bits per heavy atom. The molecule has 1 heterocycles. The van der Waals surface area contributed by atoms with Crippen molar-refractivity contribution in [2.45, 2.75) is 26.7 Å². The van der Waals surface area contributed by atoms with Crippen molar-refractivity contribution >= 4 is 17.6 Å². The molecule has 1 aromatic heterocycles.